The zero-order valence-corrected chi connectivity index (χ0v) is 11.1. The predicted octanol–water partition coefficient (Wildman–Crippen LogP) is 1.70. The number of amides is 1. The lowest BCUT2D eigenvalue weighted by Crippen LogP contribution is -2.19. The number of hydrogen-bond acceptors (Lipinski definition) is 4. The quantitative estimate of drug-likeness (QED) is 0.841. The summed E-state index contributed by atoms with van der Waals surface area (Å²) in [6.07, 6.45) is 3.31. The third-order valence-electron chi connectivity index (χ3n) is 2.52. The van der Waals surface area contributed by atoms with Crippen molar-refractivity contribution in [1.82, 2.24) is 9.78 Å². The van der Waals surface area contributed by atoms with Crippen LogP contribution in [-0.4, -0.2) is 28.3 Å². The first-order valence-corrected chi connectivity index (χ1v) is 6.23. The first-order valence-electron chi connectivity index (χ1n) is 6.23. The third-order valence-corrected chi connectivity index (χ3v) is 2.52. The van der Waals surface area contributed by atoms with Crippen molar-refractivity contribution in [2.24, 2.45) is 0 Å². The normalized spacial score (nSPS) is 10.1. The molecule has 6 heteroatoms. The van der Waals surface area contributed by atoms with E-state index < -0.39 is 5.97 Å². The van der Waals surface area contributed by atoms with E-state index in [1.165, 1.54) is 4.68 Å². The summed E-state index contributed by atoms with van der Waals surface area (Å²) >= 11 is 0. The molecule has 0 fully saturated rings. The average Bonchev–Trinajstić information content (AvgIpc) is 2.92. The minimum absolute atomic E-state index is 0.122. The molecule has 1 heterocycles. The number of nitrogens with zero attached hydrogens (tertiary/aromatic N) is 2. The molecule has 0 atom stereocenters. The molecule has 0 aliphatic carbocycles. The van der Waals surface area contributed by atoms with Crippen LogP contribution in [0.5, 0.6) is 0 Å². The molecule has 2 aromatic rings. The fourth-order valence-electron chi connectivity index (χ4n) is 1.68. The summed E-state index contributed by atoms with van der Waals surface area (Å²) in [7, 11) is 0. The molecule has 20 heavy (non-hydrogen) atoms. The number of ether oxygens (including phenoxy) is 1. The number of benzene rings is 1. The Morgan fingerprint density at radius 1 is 1.35 bits per heavy atom. The number of esters is 1. The van der Waals surface area contributed by atoms with E-state index in [1.54, 1.807) is 49.6 Å². The Hall–Kier alpha value is -2.63. The summed E-state index contributed by atoms with van der Waals surface area (Å²) in [4.78, 5) is 23.4. The standard InChI is InChI=1S/C14H15N3O3/c1-2-20-14(19)11-5-3-6-12(9-11)16-13(18)10-17-8-4-7-15-17/h3-9H,2,10H2,1H3,(H,16,18). The van der Waals surface area contributed by atoms with Gasteiger partial charge in [-0.2, -0.15) is 5.10 Å². The van der Waals surface area contributed by atoms with Crippen LogP contribution in [0.4, 0.5) is 5.69 Å². The van der Waals surface area contributed by atoms with Gasteiger partial charge in [0.2, 0.25) is 5.91 Å². The molecule has 0 aliphatic rings. The molecule has 0 aliphatic heterocycles. The number of nitrogens with one attached hydrogen (secondary N) is 1. The fraction of sp³-hybridized carbons (Fsp3) is 0.214. The van der Waals surface area contributed by atoms with Crippen molar-refractivity contribution in [2.75, 3.05) is 11.9 Å². The largest absolute Gasteiger partial charge is 0.462 e. The lowest BCUT2D eigenvalue weighted by molar-refractivity contribution is -0.116. The molecule has 0 saturated heterocycles. The molecule has 0 bridgehead atoms. The van der Waals surface area contributed by atoms with Crippen molar-refractivity contribution in [3.05, 3.63) is 48.3 Å². The Labute approximate surface area is 116 Å². The highest BCUT2D eigenvalue weighted by Gasteiger charge is 2.08. The van der Waals surface area contributed by atoms with Gasteiger partial charge < -0.3 is 10.1 Å². The van der Waals surface area contributed by atoms with Crippen molar-refractivity contribution in [3.63, 3.8) is 0 Å². The van der Waals surface area contributed by atoms with Crippen LogP contribution in [0.2, 0.25) is 0 Å². The minimum Gasteiger partial charge on any atom is -0.462 e. The van der Waals surface area contributed by atoms with Gasteiger partial charge in [0.05, 0.1) is 12.2 Å². The molecule has 1 N–H and O–H groups in total. The number of anilines is 1. The number of aromatic nitrogens is 2. The van der Waals surface area contributed by atoms with Gasteiger partial charge in [-0.1, -0.05) is 6.07 Å². The zero-order valence-electron chi connectivity index (χ0n) is 11.1. The van der Waals surface area contributed by atoms with Crippen LogP contribution in [-0.2, 0) is 16.1 Å². The molecular weight excluding hydrogens is 258 g/mol. The van der Waals surface area contributed by atoms with E-state index in [4.69, 9.17) is 4.74 Å². The van der Waals surface area contributed by atoms with Crippen molar-refractivity contribution >= 4 is 17.6 Å². The smallest absolute Gasteiger partial charge is 0.338 e. The van der Waals surface area contributed by atoms with Gasteiger partial charge in [0.25, 0.3) is 0 Å². The summed E-state index contributed by atoms with van der Waals surface area (Å²) in [5, 5.41) is 6.66. The number of rotatable bonds is 5. The fourth-order valence-corrected chi connectivity index (χ4v) is 1.68. The Morgan fingerprint density at radius 3 is 2.90 bits per heavy atom. The molecular formula is C14H15N3O3. The molecule has 6 nitrogen and oxygen atoms in total. The number of carbonyl (C=O) groups excluding carboxylic acids is 2. The zero-order chi connectivity index (χ0) is 14.4. The van der Waals surface area contributed by atoms with Gasteiger partial charge in [0.15, 0.2) is 0 Å². The Balaban J connectivity index is 2.00. The summed E-state index contributed by atoms with van der Waals surface area (Å²) in [5.74, 6) is -0.620. The van der Waals surface area contributed by atoms with E-state index in [9.17, 15) is 9.59 Å². The molecule has 0 saturated carbocycles. The van der Waals surface area contributed by atoms with Gasteiger partial charge in [0, 0.05) is 18.1 Å². The second-order valence-electron chi connectivity index (χ2n) is 4.05. The number of hydrogen-bond donors (Lipinski definition) is 1. The van der Waals surface area contributed by atoms with E-state index in [1.807, 2.05) is 0 Å². The lowest BCUT2D eigenvalue weighted by atomic mass is 10.2. The summed E-state index contributed by atoms with van der Waals surface area (Å²) in [5.41, 5.74) is 0.955. The topological polar surface area (TPSA) is 73.2 Å². The van der Waals surface area contributed by atoms with Crippen LogP contribution in [0, 0.1) is 0 Å². The molecule has 1 aromatic heterocycles. The van der Waals surface area contributed by atoms with Gasteiger partial charge in [-0.05, 0) is 31.2 Å². The van der Waals surface area contributed by atoms with Gasteiger partial charge in [-0.15, -0.1) is 0 Å². The maximum absolute atomic E-state index is 11.8. The van der Waals surface area contributed by atoms with E-state index in [-0.39, 0.29) is 12.5 Å². The summed E-state index contributed by atoms with van der Waals surface area (Å²) in [6.45, 7) is 2.18. The highest BCUT2D eigenvalue weighted by Crippen LogP contribution is 2.11. The van der Waals surface area contributed by atoms with E-state index in [0.717, 1.165) is 0 Å². The Bertz CT molecular complexity index is 593. The average molecular weight is 273 g/mol. The minimum atomic E-state index is -0.407. The van der Waals surface area contributed by atoms with E-state index in [0.29, 0.717) is 17.9 Å². The molecule has 0 radical (unpaired) electrons. The van der Waals surface area contributed by atoms with Crippen LogP contribution in [0.25, 0.3) is 0 Å². The van der Waals surface area contributed by atoms with Gasteiger partial charge in [0.1, 0.15) is 6.54 Å². The molecule has 1 amide bonds. The van der Waals surface area contributed by atoms with Gasteiger partial charge >= 0.3 is 5.97 Å². The van der Waals surface area contributed by atoms with Crippen LogP contribution < -0.4 is 5.32 Å². The lowest BCUT2D eigenvalue weighted by Gasteiger charge is -2.07. The molecule has 1 aromatic carbocycles. The molecule has 0 unspecified atom stereocenters. The van der Waals surface area contributed by atoms with Gasteiger partial charge in [-0.3, -0.25) is 9.48 Å². The molecule has 0 spiro atoms. The summed E-state index contributed by atoms with van der Waals surface area (Å²) in [6, 6.07) is 8.37. The van der Waals surface area contributed by atoms with E-state index in [2.05, 4.69) is 10.4 Å². The Morgan fingerprint density at radius 2 is 2.20 bits per heavy atom. The summed E-state index contributed by atoms with van der Waals surface area (Å²) < 4.78 is 6.43. The first kappa shape index (κ1) is 13.8. The van der Waals surface area contributed by atoms with Crippen molar-refractivity contribution < 1.29 is 14.3 Å². The van der Waals surface area contributed by atoms with Crippen LogP contribution >= 0.6 is 0 Å². The van der Waals surface area contributed by atoms with Crippen LogP contribution in [0.3, 0.4) is 0 Å². The number of carbonyl (C=O) groups is 2. The first-order chi connectivity index (χ1) is 9.69. The third kappa shape index (κ3) is 3.68. The molecule has 104 valence electrons. The molecule has 2 rings (SSSR count). The van der Waals surface area contributed by atoms with Crippen molar-refractivity contribution in [1.29, 1.82) is 0 Å². The van der Waals surface area contributed by atoms with E-state index >= 15 is 0 Å². The maximum Gasteiger partial charge on any atom is 0.338 e. The second-order valence-corrected chi connectivity index (χ2v) is 4.05. The Kier molecular flexibility index (Phi) is 4.49. The van der Waals surface area contributed by atoms with Crippen LogP contribution in [0.1, 0.15) is 17.3 Å². The van der Waals surface area contributed by atoms with Crippen molar-refractivity contribution in [3.8, 4) is 0 Å². The maximum atomic E-state index is 11.8. The second kappa shape index (κ2) is 6.51. The monoisotopic (exact) mass is 273 g/mol. The van der Waals surface area contributed by atoms with Crippen molar-refractivity contribution in [2.45, 2.75) is 13.5 Å². The predicted molar refractivity (Wildman–Crippen MR) is 73.3 cm³/mol. The van der Waals surface area contributed by atoms with Crippen LogP contribution in [0.15, 0.2) is 42.7 Å². The van der Waals surface area contributed by atoms with Gasteiger partial charge in [-0.25, -0.2) is 4.79 Å². The SMILES string of the molecule is CCOC(=O)c1cccc(NC(=O)Cn2cccn2)c1. The highest BCUT2D eigenvalue weighted by atomic mass is 16.5. The highest BCUT2D eigenvalue weighted by molar-refractivity contribution is 5.94.